The van der Waals surface area contributed by atoms with Crippen LogP contribution in [-0.4, -0.2) is 58.4 Å². The lowest BCUT2D eigenvalue weighted by Gasteiger charge is -2.23. The van der Waals surface area contributed by atoms with E-state index in [0.717, 1.165) is 28.7 Å². The number of fused-ring (bicyclic) bond motifs is 1. The Morgan fingerprint density at radius 3 is 2.85 bits per heavy atom. The molecule has 1 aromatic carbocycles. The van der Waals surface area contributed by atoms with Crippen molar-refractivity contribution in [1.82, 2.24) is 4.98 Å². The molecule has 1 N–H and O–H groups in total. The van der Waals surface area contributed by atoms with E-state index < -0.39 is 0 Å². The van der Waals surface area contributed by atoms with Crippen molar-refractivity contribution in [3.63, 3.8) is 0 Å². The molecule has 0 aliphatic carbocycles. The second-order valence-corrected chi connectivity index (χ2v) is 7.71. The summed E-state index contributed by atoms with van der Waals surface area (Å²) in [7, 11) is 5.82. The molecule has 2 heterocycles. The second-order valence-electron chi connectivity index (χ2n) is 6.73. The van der Waals surface area contributed by atoms with E-state index in [-0.39, 0.29) is 11.7 Å². The van der Waals surface area contributed by atoms with Gasteiger partial charge in [-0.05, 0) is 18.6 Å². The molecule has 1 aliphatic heterocycles. The maximum absolute atomic E-state index is 13.1. The van der Waals surface area contributed by atoms with E-state index in [2.05, 4.69) is 14.1 Å². The number of carbonyl (C=O) groups is 1. The van der Waals surface area contributed by atoms with Crippen LogP contribution in [0.1, 0.15) is 12.0 Å². The minimum Gasteiger partial charge on any atom is -0.494 e. The zero-order chi connectivity index (χ0) is 19.4. The van der Waals surface area contributed by atoms with Crippen molar-refractivity contribution in [2.75, 3.05) is 52.4 Å². The zero-order valence-corrected chi connectivity index (χ0v) is 17.0. The van der Waals surface area contributed by atoms with Crippen LogP contribution in [0.25, 0.3) is 10.2 Å². The Morgan fingerprint density at radius 2 is 2.19 bits per heavy atom. The van der Waals surface area contributed by atoms with E-state index in [1.807, 2.05) is 19.1 Å². The first-order valence-electron chi connectivity index (χ1n) is 9.01. The number of aromatic nitrogens is 1. The van der Waals surface area contributed by atoms with Crippen LogP contribution in [0, 0.1) is 6.92 Å². The summed E-state index contributed by atoms with van der Waals surface area (Å²) < 4.78 is 17.2. The van der Waals surface area contributed by atoms with E-state index in [1.165, 1.54) is 22.5 Å². The average molecular weight is 393 g/mol. The first-order chi connectivity index (χ1) is 13.0. The summed E-state index contributed by atoms with van der Waals surface area (Å²) in [5.41, 5.74) is 1.89. The number of aryl methyl sites for hydroxylation is 1. The highest BCUT2D eigenvalue weighted by Gasteiger charge is 2.27. The number of carbonyl (C=O) groups excluding carboxylic acids is 1. The Hall–Kier alpha value is -2.32. The largest absolute Gasteiger partial charge is 0.494 e. The Balaban J connectivity index is 1.96. The number of amides is 1. The molecule has 0 unspecified atom stereocenters. The number of hydrogen-bond acceptors (Lipinski definition) is 6. The first kappa shape index (κ1) is 19.4. The van der Waals surface area contributed by atoms with Gasteiger partial charge in [0.15, 0.2) is 5.13 Å². The standard InChI is InChI=1S/C19H25N3O4S/c1-13-6-7-14(24-4)16-17(13)27-19(20-16)22(9-5-8-21(2)3)18(23)15-12-25-10-11-26-15/h6-7,12H,5,8-11H2,1-4H3/p+1. The van der Waals surface area contributed by atoms with E-state index >= 15 is 0 Å². The average Bonchev–Trinajstić information content (AvgIpc) is 3.11. The number of ether oxygens (including phenoxy) is 3. The molecule has 146 valence electrons. The first-order valence-corrected chi connectivity index (χ1v) is 9.82. The van der Waals surface area contributed by atoms with E-state index in [9.17, 15) is 4.79 Å². The molecule has 3 rings (SSSR count). The molecule has 1 amide bonds. The van der Waals surface area contributed by atoms with Crippen LogP contribution in [0.15, 0.2) is 24.2 Å². The fraction of sp³-hybridized carbons (Fsp3) is 0.474. The van der Waals surface area contributed by atoms with Crippen LogP contribution in [0.5, 0.6) is 5.75 Å². The molecule has 0 saturated carbocycles. The van der Waals surface area contributed by atoms with Crippen molar-refractivity contribution in [3.8, 4) is 5.75 Å². The number of benzene rings is 1. The number of nitrogens with zero attached hydrogens (tertiary/aromatic N) is 2. The smallest absolute Gasteiger partial charge is 0.298 e. The number of rotatable bonds is 7. The number of hydrogen-bond donors (Lipinski definition) is 1. The zero-order valence-electron chi connectivity index (χ0n) is 16.2. The van der Waals surface area contributed by atoms with Crippen LogP contribution in [-0.2, 0) is 14.3 Å². The van der Waals surface area contributed by atoms with Gasteiger partial charge in [-0.25, -0.2) is 4.98 Å². The fourth-order valence-electron chi connectivity index (χ4n) is 2.87. The van der Waals surface area contributed by atoms with Gasteiger partial charge in [0, 0.05) is 13.0 Å². The van der Waals surface area contributed by atoms with E-state index in [4.69, 9.17) is 19.2 Å². The number of thiazole rings is 1. The molecule has 1 aromatic heterocycles. The topological polar surface area (TPSA) is 65.3 Å². The summed E-state index contributed by atoms with van der Waals surface area (Å²) in [6, 6.07) is 3.91. The Bertz CT molecular complexity index is 847. The molecule has 0 atom stereocenters. The summed E-state index contributed by atoms with van der Waals surface area (Å²) >= 11 is 1.50. The fourth-order valence-corrected chi connectivity index (χ4v) is 3.94. The van der Waals surface area contributed by atoms with Crippen LogP contribution in [0.4, 0.5) is 5.13 Å². The maximum atomic E-state index is 13.1. The molecular formula is C19H26N3O4S+. The van der Waals surface area contributed by atoms with Crippen LogP contribution in [0.2, 0.25) is 0 Å². The van der Waals surface area contributed by atoms with Crippen LogP contribution >= 0.6 is 11.3 Å². The molecule has 0 radical (unpaired) electrons. The van der Waals surface area contributed by atoms with Gasteiger partial charge in [0.2, 0.25) is 5.76 Å². The van der Waals surface area contributed by atoms with Gasteiger partial charge in [-0.2, -0.15) is 0 Å². The minimum absolute atomic E-state index is 0.223. The number of nitrogens with one attached hydrogen (secondary N) is 1. The highest BCUT2D eigenvalue weighted by Crippen LogP contribution is 2.36. The van der Waals surface area contributed by atoms with Crippen molar-refractivity contribution >= 4 is 32.6 Å². The maximum Gasteiger partial charge on any atom is 0.298 e. The minimum atomic E-state index is -0.223. The lowest BCUT2D eigenvalue weighted by atomic mass is 10.2. The normalized spacial score (nSPS) is 13.9. The lowest BCUT2D eigenvalue weighted by Crippen LogP contribution is -3.05. The van der Waals surface area contributed by atoms with Gasteiger partial charge >= 0.3 is 0 Å². The third-order valence-electron chi connectivity index (χ3n) is 4.31. The van der Waals surface area contributed by atoms with Gasteiger partial charge in [-0.15, -0.1) is 0 Å². The summed E-state index contributed by atoms with van der Waals surface area (Å²) in [6.45, 7) is 4.38. The monoisotopic (exact) mass is 392 g/mol. The van der Waals surface area contributed by atoms with Crippen molar-refractivity contribution < 1.29 is 23.9 Å². The molecule has 8 heteroatoms. The van der Waals surface area contributed by atoms with Crippen molar-refractivity contribution in [2.45, 2.75) is 13.3 Å². The van der Waals surface area contributed by atoms with Crippen molar-refractivity contribution in [1.29, 1.82) is 0 Å². The van der Waals surface area contributed by atoms with Crippen molar-refractivity contribution in [3.05, 3.63) is 29.7 Å². The Morgan fingerprint density at radius 1 is 1.37 bits per heavy atom. The van der Waals surface area contributed by atoms with Gasteiger partial charge < -0.3 is 19.1 Å². The Kier molecular flexibility index (Phi) is 6.18. The quantitative estimate of drug-likeness (QED) is 0.771. The predicted molar refractivity (Wildman–Crippen MR) is 106 cm³/mol. The van der Waals surface area contributed by atoms with Crippen LogP contribution in [0.3, 0.4) is 0 Å². The third kappa shape index (κ3) is 4.33. The molecule has 0 saturated heterocycles. The number of anilines is 1. The molecular weight excluding hydrogens is 366 g/mol. The molecule has 2 aromatic rings. The van der Waals surface area contributed by atoms with Crippen LogP contribution < -0.4 is 14.5 Å². The third-order valence-corrected chi connectivity index (χ3v) is 5.52. The SMILES string of the molecule is COc1ccc(C)c2sc(N(CCC[NH+](C)C)C(=O)C3=COCCO3)nc12. The van der Waals surface area contributed by atoms with E-state index in [1.54, 1.807) is 12.0 Å². The molecule has 1 aliphatic rings. The predicted octanol–water partition coefficient (Wildman–Crippen LogP) is 1.37. The highest BCUT2D eigenvalue weighted by atomic mass is 32.1. The highest BCUT2D eigenvalue weighted by molar-refractivity contribution is 7.22. The summed E-state index contributed by atoms with van der Waals surface area (Å²) in [6.07, 6.45) is 2.25. The molecule has 7 nitrogen and oxygen atoms in total. The Labute approximate surface area is 163 Å². The van der Waals surface area contributed by atoms with Crippen molar-refractivity contribution in [2.24, 2.45) is 0 Å². The second kappa shape index (κ2) is 8.58. The summed E-state index contributed by atoms with van der Waals surface area (Å²) in [5, 5.41) is 0.645. The summed E-state index contributed by atoms with van der Waals surface area (Å²) in [5.74, 6) is 0.709. The molecule has 0 spiro atoms. The summed E-state index contributed by atoms with van der Waals surface area (Å²) in [4.78, 5) is 20.8. The lowest BCUT2D eigenvalue weighted by molar-refractivity contribution is -0.858. The molecule has 27 heavy (non-hydrogen) atoms. The van der Waals surface area contributed by atoms with Gasteiger partial charge in [-0.3, -0.25) is 9.69 Å². The number of methoxy groups -OCH3 is 1. The number of quaternary nitrogens is 1. The molecule has 0 fully saturated rings. The molecule has 0 bridgehead atoms. The van der Waals surface area contributed by atoms with Gasteiger partial charge in [0.1, 0.15) is 30.7 Å². The van der Waals surface area contributed by atoms with Gasteiger partial charge in [0.05, 0.1) is 32.4 Å². The van der Waals surface area contributed by atoms with Gasteiger partial charge in [-0.1, -0.05) is 17.4 Å². The van der Waals surface area contributed by atoms with E-state index in [0.29, 0.717) is 30.6 Å². The van der Waals surface area contributed by atoms with Gasteiger partial charge in [0.25, 0.3) is 5.91 Å².